The fourth-order valence-corrected chi connectivity index (χ4v) is 5.25. The van der Waals surface area contributed by atoms with Gasteiger partial charge < -0.3 is 9.64 Å². The molecule has 9 heteroatoms. The molecule has 0 N–H and O–H groups in total. The van der Waals surface area contributed by atoms with Crippen molar-refractivity contribution in [1.82, 2.24) is 4.68 Å². The minimum Gasteiger partial charge on any atom is -0.497 e. The van der Waals surface area contributed by atoms with Crippen LogP contribution in [0.25, 0.3) is 11.3 Å². The number of methoxy groups -OCH3 is 1. The standard InChI is InChI=1S/C33H29F3N4OS/c1-3-39(22-25-8-5-4-6-9-25)29-16-12-24(13-17-29)21-37-40-31(26-10-7-11-27(20-26)33(34,35)36)23-42-32(40)38-28-14-18-30(41-2)19-15-28/h4-21,23H,3,22H2,1-2H3. The molecule has 5 rings (SSSR count). The summed E-state index contributed by atoms with van der Waals surface area (Å²) in [4.78, 5) is 7.51. The van der Waals surface area contributed by atoms with E-state index in [1.165, 1.54) is 23.0 Å². The van der Waals surface area contributed by atoms with Crippen molar-refractivity contribution in [3.63, 3.8) is 0 Å². The lowest BCUT2D eigenvalue weighted by Crippen LogP contribution is -2.21. The van der Waals surface area contributed by atoms with Crippen LogP contribution in [0.5, 0.6) is 5.75 Å². The predicted molar refractivity (Wildman–Crippen MR) is 164 cm³/mol. The van der Waals surface area contributed by atoms with Gasteiger partial charge in [-0.3, -0.25) is 0 Å². The van der Waals surface area contributed by atoms with Gasteiger partial charge in [0.1, 0.15) is 5.75 Å². The van der Waals surface area contributed by atoms with Gasteiger partial charge in [0, 0.05) is 29.7 Å². The van der Waals surface area contributed by atoms with Gasteiger partial charge in [-0.05, 0) is 66.6 Å². The van der Waals surface area contributed by atoms with Crippen molar-refractivity contribution in [3.8, 4) is 17.0 Å². The molecule has 214 valence electrons. The van der Waals surface area contributed by atoms with Gasteiger partial charge in [0.25, 0.3) is 0 Å². The second kappa shape index (κ2) is 12.9. The number of ether oxygens (including phenoxy) is 1. The molecule has 0 saturated heterocycles. The van der Waals surface area contributed by atoms with Crippen LogP contribution in [0.4, 0.5) is 24.5 Å². The van der Waals surface area contributed by atoms with Gasteiger partial charge in [-0.2, -0.15) is 18.3 Å². The van der Waals surface area contributed by atoms with Crippen molar-refractivity contribution in [2.75, 3.05) is 18.6 Å². The van der Waals surface area contributed by atoms with Crippen LogP contribution in [-0.4, -0.2) is 24.5 Å². The molecule has 1 aromatic heterocycles. The first-order valence-electron chi connectivity index (χ1n) is 13.3. The van der Waals surface area contributed by atoms with Crippen molar-refractivity contribution >= 4 is 28.9 Å². The van der Waals surface area contributed by atoms with Crippen LogP contribution in [0.1, 0.15) is 23.6 Å². The Morgan fingerprint density at radius 2 is 1.64 bits per heavy atom. The fourth-order valence-electron chi connectivity index (χ4n) is 4.39. The molecule has 0 aliphatic heterocycles. The first-order chi connectivity index (χ1) is 20.3. The van der Waals surface area contributed by atoms with Gasteiger partial charge in [0.2, 0.25) is 4.80 Å². The van der Waals surface area contributed by atoms with Gasteiger partial charge >= 0.3 is 6.18 Å². The zero-order chi connectivity index (χ0) is 29.5. The van der Waals surface area contributed by atoms with Crippen LogP contribution >= 0.6 is 11.3 Å². The van der Waals surface area contributed by atoms with Crippen LogP contribution in [0.3, 0.4) is 0 Å². The largest absolute Gasteiger partial charge is 0.497 e. The predicted octanol–water partition coefficient (Wildman–Crippen LogP) is 8.39. The Kier molecular flexibility index (Phi) is 8.88. The summed E-state index contributed by atoms with van der Waals surface area (Å²) in [5.41, 5.74) is 4.01. The number of halogens is 3. The summed E-state index contributed by atoms with van der Waals surface area (Å²) in [5.74, 6) is 0.699. The summed E-state index contributed by atoms with van der Waals surface area (Å²) >= 11 is 1.30. The molecular formula is C33H29F3N4OS. The smallest absolute Gasteiger partial charge is 0.416 e. The van der Waals surface area contributed by atoms with E-state index in [1.54, 1.807) is 41.6 Å². The molecule has 1 heterocycles. The lowest BCUT2D eigenvalue weighted by molar-refractivity contribution is -0.137. The molecule has 0 aliphatic carbocycles. The topological polar surface area (TPSA) is 42.1 Å². The van der Waals surface area contributed by atoms with E-state index in [2.05, 4.69) is 29.1 Å². The van der Waals surface area contributed by atoms with E-state index in [9.17, 15) is 13.2 Å². The molecular weight excluding hydrogens is 557 g/mol. The third-order valence-electron chi connectivity index (χ3n) is 6.65. The van der Waals surface area contributed by atoms with Crippen LogP contribution in [-0.2, 0) is 12.7 Å². The van der Waals surface area contributed by atoms with Crippen molar-refractivity contribution < 1.29 is 17.9 Å². The summed E-state index contributed by atoms with van der Waals surface area (Å²) < 4.78 is 47.2. The molecule has 0 bridgehead atoms. The maximum absolute atomic E-state index is 13.5. The summed E-state index contributed by atoms with van der Waals surface area (Å²) in [5, 5.41) is 6.45. The quantitative estimate of drug-likeness (QED) is 0.163. The molecule has 42 heavy (non-hydrogen) atoms. The van der Waals surface area contributed by atoms with E-state index in [0.717, 1.165) is 36.5 Å². The van der Waals surface area contributed by atoms with E-state index in [-0.39, 0.29) is 0 Å². The van der Waals surface area contributed by atoms with E-state index < -0.39 is 11.7 Å². The van der Waals surface area contributed by atoms with Gasteiger partial charge in [0.05, 0.1) is 30.3 Å². The number of rotatable bonds is 9. The molecule has 0 unspecified atom stereocenters. The van der Waals surface area contributed by atoms with Gasteiger partial charge in [0.15, 0.2) is 0 Å². The van der Waals surface area contributed by atoms with Crippen molar-refractivity contribution in [2.45, 2.75) is 19.6 Å². The van der Waals surface area contributed by atoms with E-state index in [1.807, 2.05) is 54.6 Å². The van der Waals surface area contributed by atoms with E-state index in [0.29, 0.717) is 27.5 Å². The molecule has 0 amide bonds. The molecule has 0 radical (unpaired) electrons. The summed E-state index contributed by atoms with van der Waals surface area (Å²) in [6, 6.07) is 30.8. The van der Waals surface area contributed by atoms with Crippen LogP contribution in [0.2, 0.25) is 0 Å². The van der Waals surface area contributed by atoms with Gasteiger partial charge in [-0.15, -0.1) is 11.3 Å². The Morgan fingerprint density at radius 1 is 0.905 bits per heavy atom. The number of anilines is 1. The average molecular weight is 587 g/mol. The number of hydrogen-bond donors (Lipinski definition) is 0. The normalized spacial score (nSPS) is 12.2. The van der Waals surface area contributed by atoms with Crippen molar-refractivity contribution in [3.05, 3.63) is 130 Å². The highest BCUT2D eigenvalue weighted by Gasteiger charge is 2.30. The van der Waals surface area contributed by atoms with Crippen molar-refractivity contribution in [1.29, 1.82) is 0 Å². The monoisotopic (exact) mass is 586 g/mol. The zero-order valence-corrected chi connectivity index (χ0v) is 23.9. The number of hydrogen-bond acceptors (Lipinski definition) is 5. The SMILES string of the molecule is CCN(Cc1ccccc1)c1ccc(C=Nn2c(-c3cccc(C(F)(F)F)c3)csc2=Nc2ccc(OC)cc2)cc1. The molecule has 0 fully saturated rings. The highest BCUT2D eigenvalue weighted by Crippen LogP contribution is 2.32. The Labute approximate surface area is 246 Å². The number of alkyl halides is 3. The number of thiazole rings is 1. The lowest BCUT2D eigenvalue weighted by Gasteiger charge is -2.23. The van der Waals surface area contributed by atoms with E-state index >= 15 is 0 Å². The lowest BCUT2D eigenvalue weighted by atomic mass is 10.1. The summed E-state index contributed by atoms with van der Waals surface area (Å²) in [7, 11) is 1.59. The molecule has 0 saturated carbocycles. The Balaban J connectivity index is 1.49. The maximum atomic E-state index is 13.5. The number of benzene rings is 4. The highest BCUT2D eigenvalue weighted by molar-refractivity contribution is 7.07. The van der Waals surface area contributed by atoms with Gasteiger partial charge in [-0.25, -0.2) is 9.67 Å². The molecule has 4 aromatic carbocycles. The Hall–Kier alpha value is -4.63. The Morgan fingerprint density at radius 3 is 2.31 bits per heavy atom. The van der Waals surface area contributed by atoms with E-state index in [4.69, 9.17) is 9.73 Å². The third kappa shape index (κ3) is 6.98. The molecule has 0 atom stereocenters. The summed E-state index contributed by atoms with van der Waals surface area (Å²) in [6.07, 6.45) is -2.76. The zero-order valence-electron chi connectivity index (χ0n) is 23.1. The van der Waals surface area contributed by atoms with Crippen LogP contribution in [0.15, 0.2) is 119 Å². The first kappa shape index (κ1) is 28.9. The molecule has 0 aliphatic rings. The molecule has 5 nitrogen and oxygen atoms in total. The van der Waals surface area contributed by atoms with Crippen molar-refractivity contribution in [2.24, 2.45) is 10.1 Å². The maximum Gasteiger partial charge on any atom is 0.416 e. The molecule has 5 aromatic rings. The van der Waals surface area contributed by atoms with Crippen LogP contribution in [0, 0.1) is 0 Å². The minimum absolute atomic E-state index is 0.393. The minimum atomic E-state index is -4.45. The fraction of sp³-hybridized carbons (Fsp3) is 0.152. The Bertz CT molecular complexity index is 1710. The second-order valence-corrected chi connectivity index (χ2v) is 10.3. The highest BCUT2D eigenvalue weighted by atomic mass is 32.1. The number of nitrogens with zero attached hydrogens (tertiary/aromatic N) is 4. The second-order valence-electron chi connectivity index (χ2n) is 9.44. The van der Waals surface area contributed by atoms with Crippen LogP contribution < -0.4 is 14.4 Å². The summed E-state index contributed by atoms with van der Waals surface area (Å²) in [6.45, 7) is 3.77. The third-order valence-corrected chi connectivity index (χ3v) is 7.46. The van der Waals surface area contributed by atoms with Gasteiger partial charge in [-0.1, -0.05) is 54.6 Å². The first-order valence-corrected chi connectivity index (χ1v) is 14.2. The number of aromatic nitrogens is 1. The molecule has 0 spiro atoms. The average Bonchev–Trinajstić information content (AvgIpc) is 3.41.